The molecule has 5 rings (SSSR count). The highest BCUT2D eigenvalue weighted by molar-refractivity contribution is 5.71. The number of aromatic nitrogens is 1. The van der Waals surface area contributed by atoms with Crippen LogP contribution in [-0.4, -0.2) is 4.98 Å². The van der Waals surface area contributed by atoms with Crippen LogP contribution in [0.1, 0.15) is 72.4 Å². The first kappa shape index (κ1) is 26.7. The van der Waals surface area contributed by atoms with Crippen molar-refractivity contribution in [3.8, 4) is 12.3 Å². The van der Waals surface area contributed by atoms with Crippen LogP contribution in [0.15, 0.2) is 115 Å². The molecule has 1 heterocycles. The predicted octanol–water partition coefficient (Wildman–Crippen LogP) is 9.28. The van der Waals surface area contributed by atoms with Gasteiger partial charge < -0.3 is 0 Å². The molecule has 0 radical (unpaired) electrons. The molecule has 0 amide bonds. The highest BCUT2D eigenvalue weighted by Crippen LogP contribution is 2.44. The first-order chi connectivity index (χ1) is 19.1. The fourth-order valence-electron chi connectivity index (χ4n) is 6.36. The van der Waals surface area contributed by atoms with Crippen molar-refractivity contribution >= 4 is 5.57 Å². The SMILES string of the molecule is C#Cc1ccc(CC2CCC(C(C(=C)CCc3ccccc3)c3ccc(C4=CC=CC(=C)C4)cc3)CC2)nc1. The van der Waals surface area contributed by atoms with Crippen molar-refractivity contribution in [2.24, 2.45) is 11.8 Å². The standard InChI is InChI=1S/C38H39N/c1-4-30-17-24-37(39-27-30)26-32-15-18-34(19-16-32)38(29(3)13-14-31-10-6-5-7-11-31)35-22-20-33(21-23-35)36-12-8-9-28(2)25-36/h1,5-12,17,20-24,27,32,34,38H,2-3,13-16,18-19,25-26H2. The van der Waals surface area contributed by atoms with Crippen LogP contribution in [0.3, 0.4) is 0 Å². The van der Waals surface area contributed by atoms with Crippen LogP contribution in [0.4, 0.5) is 0 Å². The van der Waals surface area contributed by atoms with Crippen LogP contribution in [0, 0.1) is 24.2 Å². The Morgan fingerprint density at radius 2 is 1.74 bits per heavy atom. The lowest BCUT2D eigenvalue weighted by Gasteiger charge is -2.35. The Balaban J connectivity index is 1.29. The maximum Gasteiger partial charge on any atom is 0.0427 e. The van der Waals surface area contributed by atoms with Gasteiger partial charge in [-0.15, -0.1) is 6.42 Å². The molecule has 0 bridgehead atoms. The summed E-state index contributed by atoms with van der Waals surface area (Å²) < 4.78 is 0. The van der Waals surface area contributed by atoms with Crippen LogP contribution in [-0.2, 0) is 12.8 Å². The van der Waals surface area contributed by atoms with E-state index < -0.39 is 0 Å². The number of hydrogen-bond donors (Lipinski definition) is 0. The maximum atomic E-state index is 5.50. The molecule has 1 fully saturated rings. The molecule has 1 nitrogen and oxygen atoms in total. The molecule has 0 spiro atoms. The molecule has 0 aliphatic heterocycles. The summed E-state index contributed by atoms with van der Waals surface area (Å²) in [5, 5.41) is 0. The van der Waals surface area contributed by atoms with Crippen LogP contribution >= 0.6 is 0 Å². The van der Waals surface area contributed by atoms with Gasteiger partial charge in [-0.2, -0.15) is 0 Å². The van der Waals surface area contributed by atoms with Gasteiger partial charge in [0, 0.05) is 23.4 Å². The Morgan fingerprint density at radius 3 is 2.41 bits per heavy atom. The number of allylic oxidation sites excluding steroid dienone is 6. The van der Waals surface area contributed by atoms with Gasteiger partial charge in [0.1, 0.15) is 0 Å². The van der Waals surface area contributed by atoms with E-state index in [1.54, 1.807) is 0 Å². The topological polar surface area (TPSA) is 12.9 Å². The predicted molar refractivity (Wildman–Crippen MR) is 165 cm³/mol. The van der Waals surface area contributed by atoms with Crippen molar-refractivity contribution in [1.29, 1.82) is 0 Å². The normalized spacial score (nSPS) is 19.7. The summed E-state index contributed by atoms with van der Waals surface area (Å²) in [6.07, 6.45) is 22.7. The van der Waals surface area contributed by atoms with E-state index in [0.29, 0.717) is 17.8 Å². The Kier molecular flexibility index (Phi) is 8.75. The van der Waals surface area contributed by atoms with E-state index in [1.165, 1.54) is 59.1 Å². The van der Waals surface area contributed by atoms with Crippen molar-refractivity contribution in [2.45, 2.75) is 57.3 Å². The van der Waals surface area contributed by atoms with Crippen molar-refractivity contribution in [2.75, 3.05) is 0 Å². The third kappa shape index (κ3) is 6.96. The minimum absolute atomic E-state index is 0.395. The van der Waals surface area contributed by atoms with Crippen molar-refractivity contribution in [1.82, 2.24) is 4.98 Å². The zero-order valence-corrected chi connectivity index (χ0v) is 23.0. The van der Waals surface area contributed by atoms with Gasteiger partial charge in [0.25, 0.3) is 0 Å². The Bertz CT molecular complexity index is 1370. The van der Waals surface area contributed by atoms with E-state index >= 15 is 0 Å². The maximum absolute atomic E-state index is 5.50. The first-order valence-corrected chi connectivity index (χ1v) is 14.4. The third-order valence-electron chi connectivity index (χ3n) is 8.56. The summed E-state index contributed by atoms with van der Waals surface area (Å²) in [6.45, 7) is 8.84. The smallest absolute Gasteiger partial charge is 0.0427 e. The quantitative estimate of drug-likeness (QED) is 0.207. The van der Waals surface area contributed by atoms with E-state index in [9.17, 15) is 0 Å². The molecule has 0 saturated heterocycles. The summed E-state index contributed by atoms with van der Waals surface area (Å²) in [7, 11) is 0. The summed E-state index contributed by atoms with van der Waals surface area (Å²) in [5.74, 6) is 4.38. The van der Waals surface area contributed by atoms with Crippen molar-refractivity contribution < 1.29 is 0 Å². The Labute approximate surface area is 235 Å². The van der Waals surface area contributed by atoms with E-state index in [1.807, 2.05) is 12.3 Å². The molecule has 196 valence electrons. The molecule has 1 saturated carbocycles. The van der Waals surface area contributed by atoms with Gasteiger partial charge in [-0.3, -0.25) is 4.98 Å². The molecule has 2 aromatic carbocycles. The fourth-order valence-corrected chi connectivity index (χ4v) is 6.36. The lowest BCUT2D eigenvalue weighted by Crippen LogP contribution is -2.23. The first-order valence-electron chi connectivity index (χ1n) is 14.4. The number of hydrogen-bond acceptors (Lipinski definition) is 1. The number of terminal acetylenes is 1. The molecule has 1 atom stereocenters. The molecule has 0 N–H and O–H groups in total. The van der Waals surface area contributed by atoms with Crippen molar-refractivity contribution in [3.63, 3.8) is 0 Å². The third-order valence-corrected chi connectivity index (χ3v) is 8.56. The molecule has 39 heavy (non-hydrogen) atoms. The monoisotopic (exact) mass is 509 g/mol. The summed E-state index contributed by atoms with van der Waals surface area (Å²) in [4.78, 5) is 4.61. The Morgan fingerprint density at radius 1 is 0.974 bits per heavy atom. The zero-order chi connectivity index (χ0) is 27.0. The van der Waals surface area contributed by atoms with Gasteiger partial charge in [-0.05, 0) is 97.6 Å². The molecular formula is C38H39N. The van der Waals surface area contributed by atoms with E-state index in [0.717, 1.165) is 36.9 Å². The number of nitrogens with zero attached hydrogens (tertiary/aromatic N) is 1. The van der Waals surface area contributed by atoms with Gasteiger partial charge in [0.2, 0.25) is 0 Å². The van der Waals surface area contributed by atoms with Gasteiger partial charge in [0.05, 0.1) is 0 Å². The molecular weight excluding hydrogens is 470 g/mol. The minimum Gasteiger partial charge on any atom is -0.260 e. The highest BCUT2D eigenvalue weighted by atomic mass is 14.7. The average Bonchev–Trinajstić information content (AvgIpc) is 2.98. The number of aryl methyl sites for hydroxylation is 1. The largest absolute Gasteiger partial charge is 0.260 e. The molecule has 2 aliphatic rings. The summed E-state index contributed by atoms with van der Waals surface area (Å²) in [6, 6.07) is 24.3. The molecule has 2 aliphatic carbocycles. The molecule has 3 aromatic rings. The second-order valence-corrected chi connectivity index (χ2v) is 11.3. The zero-order valence-electron chi connectivity index (χ0n) is 23.0. The molecule has 1 aromatic heterocycles. The van der Waals surface area contributed by atoms with E-state index in [4.69, 9.17) is 6.42 Å². The lowest BCUT2D eigenvalue weighted by atomic mass is 9.69. The number of rotatable bonds is 9. The van der Waals surface area contributed by atoms with Crippen LogP contribution in [0.25, 0.3) is 5.57 Å². The second kappa shape index (κ2) is 12.8. The Hall–Kier alpha value is -3.89. The summed E-state index contributed by atoms with van der Waals surface area (Å²) >= 11 is 0. The molecule has 1 unspecified atom stereocenters. The van der Waals surface area contributed by atoms with E-state index in [-0.39, 0.29) is 0 Å². The van der Waals surface area contributed by atoms with Crippen molar-refractivity contribution in [3.05, 3.63) is 143 Å². The summed E-state index contributed by atoms with van der Waals surface area (Å²) in [5.41, 5.74) is 9.99. The minimum atomic E-state index is 0.395. The van der Waals surface area contributed by atoms with Gasteiger partial charge >= 0.3 is 0 Å². The van der Waals surface area contributed by atoms with Crippen LogP contribution < -0.4 is 0 Å². The van der Waals surface area contributed by atoms with Gasteiger partial charge in [0.15, 0.2) is 0 Å². The number of pyridine rings is 1. The highest BCUT2D eigenvalue weighted by Gasteiger charge is 2.30. The second-order valence-electron chi connectivity index (χ2n) is 11.3. The van der Waals surface area contributed by atoms with Gasteiger partial charge in [-0.25, -0.2) is 0 Å². The lowest BCUT2D eigenvalue weighted by molar-refractivity contribution is 0.251. The number of benzene rings is 2. The molecule has 1 heteroatoms. The van der Waals surface area contributed by atoms with Crippen LogP contribution in [0.2, 0.25) is 0 Å². The van der Waals surface area contributed by atoms with Gasteiger partial charge in [-0.1, -0.05) is 103 Å². The van der Waals surface area contributed by atoms with E-state index in [2.05, 4.69) is 103 Å². The average molecular weight is 510 g/mol. The van der Waals surface area contributed by atoms with Crippen LogP contribution in [0.5, 0.6) is 0 Å². The fraction of sp³-hybridized carbons (Fsp3) is 0.289.